The first-order valence-electron chi connectivity index (χ1n) is 16.0. The molecular weight excluding hydrogens is 511 g/mol. The molecule has 0 bridgehead atoms. The zero-order valence-corrected chi connectivity index (χ0v) is 28.3. The average Bonchev–Trinajstić information content (AvgIpc) is 2.84. The van der Waals surface area contributed by atoms with Crippen LogP contribution in [0.1, 0.15) is 159 Å². The molecule has 224 valence electrons. The molecule has 2 aromatic carbocycles. The number of benzene rings is 2. The van der Waals surface area contributed by atoms with Gasteiger partial charge in [-0.05, 0) is 37.5 Å². The summed E-state index contributed by atoms with van der Waals surface area (Å²) in [6.45, 7) is 22.2. The Morgan fingerprint density at radius 3 is 1.40 bits per heavy atom. The van der Waals surface area contributed by atoms with E-state index in [2.05, 4.69) is 93.5 Å². The van der Waals surface area contributed by atoms with Crippen molar-refractivity contribution in [2.75, 3.05) is 6.16 Å². The Labute approximate surface area is 247 Å². The first-order valence-corrected chi connectivity index (χ1v) is 17.7. The van der Waals surface area contributed by atoms with E-state index in [0.717, 1.165) is 46.6 Å². The van der Waals surface area contributed by atoms with Crippen LogP contribution in [0, 0.1) is 13.8 Å². The van der Waals surface area contributed by atoms with Crippen LogP contribution < -0.4 is 9.05 Å². The standard InChI is InChI=1S/C36H58O3P/c1-11-12-13-14-15-16-17-18-19-20-21-40(37)38-33-29(22-26(2)24-31(33)35(5,6)7)28(4)30-23-27(3)25-32(34(30)39-40)36(8,9)10/h22-25,28,37H,11-21H2,1-10H3/q+1. The summed E-state index contributed by atoms with van der Waals surface area (Å²) in [7, 11) is -3.22. The molecule has 1 aliphatic heterocycles. The highest BCUT2D eigenvalue weighted by Crippen LogP contribution is 2.63. The Morgan fingerprint density at radius 2 is 1.02 bits per heavy atom. The van der Waals surface area contributed by atoms with Gasteiger partial charge in [0, 0.05) is 28.2 Å². The first kappa shape index (κ1) is 32.9. The smallest absolute Gasteiger partial charge is 0.277 e. The van der Waals surface area contributed by atoms with Crippen LogP contribution in [0.25, 0.3) is 0 Å². The second kappa shape index (κ2) is 13.6. The van der Waals surface area contributed by atoms with Crippen LogP contribution in [0.4, 0.5) is 0 Å². The Hall–Kier alpha value is -1.57. The Balaban J connectivity index is 1.95. The van der Waals surface area contributed by atoms with Gasteiger partial charge in [-0.1, -0.05) is 142 Å². The maximum atomic E-state index is 12.3. The van der Waals surface area contributed by atoms with Gasteiger partial charge in [-0.2, -0.15) is 4.89 Å². The van der Waals surface area contributed by atoms with E-state index in [1.165, 1.54) is 62.5 Å². The molecule has 40 heavy (non-hydrogen) atoms. The maximum absolute atomic E-state index is 12.3. The second-order valence-electron chi connectivity index (χ2n) is 14.4. The van der Waals surface area contributed by atoms with Gasteiger partial charge in [0.1, 0.15) is 0 Å². The molecule has 1 N–H and O–H groups in total. The van der Waals surface area contributed by atoms with E-state index >= 15 is 0 Å². The molecule has 0 spiro atoms. The molecule has 0 aromatic heterocycles. The third-order valence-electron chi connectivity index (χ3n) is 8.34. The van der Waals surface area contributed by atoms with Crippen molar-refractivity contribution >= 4 is 7.94 Å². The lowest BCUT2D eigenvalue weighted by Gasteiger charge is -2.33. The van der Waals surface area contributed by atoms with Gasteiger partial charge < -0.3 is 0 Å². The average molecular weight is 570 g/mol. The Morgan fingerprint density at radius 1 is 0.650 bits per heavy atom. The summed E-state index contributed by atoms with van der Waals surface area (Å²) >= 11 is 0. The molecule has 0 aliphatic carbocycles. The van der Waals surface area contributed by atoms with E-state index in [1.807, 2.05) is 0 Å². The molecule has 3 rings (SSSR count). The third kappa shape index (κ3) is 8.48. The molecular formula is C36H58O3P+. The van der Waals surface area contributed by atoms with Gasteiger partial charge in [0.05, 0.1) is 0 Å². The number of hydrogen-bond donors (Lipinski definition) is 1. The molecule has 2 aromatic rings. The highest BCUT2D eigenvalue weighted by atomic mass is 31.2. The molecule has 0 unspecified atom stereocenters. The Bertz CT molecular complexity index is 1050. The van der Waals surface area contributed by atoms with Crippen LogP contribution in [0.2, 0.25) is 0 Å². The fourth-order valence-corrected chi connectivity index (χ4v) is 7.75. The van der Waals surface area contributed by atoms with Crippen LogP contribution in [-0.4, -0.2) is 11.1 Å². The molecule has 0 atom stereocenters. The van der Waals surface area contributed by atoms with E-state index in [9.17, 15) is 4.89 Å². The lowest BCUT2D eigenvalue weighted by atomic mass is 9.79. The molecule has 1 heterocycles. The molecule has 0 amide bonds. The summed E-state index contributed by atoms with van der Waals surface area (Å²) in [5.74, 6) is 1.74. The van der Waals surface area contributed by atoms with Crippen LogP contribution >= 0.6 is 7.94 Å². The van der Waals surface area contributed by atoms with Crippen LogP contribution in [0.15, 0.2) is 24.3 Å². The fraction of sp³-hybridized carbons (Fsp3) is 0.667. The van der Waals surface area contributed by atoms with Crippen molar-refractivity contribution in [1.82, 2.24) is 0 Å². The van der Waals surface area contributed by atoms with E-state index in [-0.39, 0.29) is 16.7 Å². The number of fused-ring (bicyclic) bond motifs is 2. The third-order valence-corrected chi connectivity index (χ3v) is 10.2. The summed E-state index contributed by atoms with van der Waals surface area (Å²) in [4.78, 5) is 12.3. The van der Waals surface area contributed by atoms with Crippen molar-refractivity contribution in [3.63, 3.8) is 0 Å². The predicted molar refractivity (Wildman–Crippen MR) is 174 cm³/mol. The van der Waals surface area contributed by atoms with Crippen molar-refractivity contribution < 1.29 is 13.9 Å². The zero-order valence-electron chi connectivity index (χ0n) is 27.4. The summed E-state index contributed by atoms with van der Waals surface area (Å²) in [6.07, 6.45) is 13.1. The summed E-state index contributed by atoms with van der Waals surface area (Å²) < 4.78 is 13.6. The quantitative estimate of drug-likeness (QED) is 0.216. The molecule has 4 heteroatoms. The lowest BCUT2D eigenvalue weighted by Crippen LogP contribution is -2.24. The van der Waals surface area contributed by atoms with Gasteiger partial charge >= 0.3 is 7.94 Å². The van der Waals surface area contributed by atoms with Crippen LogP contribution in [0.3, 0.4) is 0 Å². The summed E-state index contributed by atoms with van der Waals surface area (Å²) in [5.41, 5.74) is 6.80. The van der Waals surface area contributed by atoms with Crippen molar-refractivity contribution in [3.05, 3.63) is 57.6 Å². The van der Waals surface area contributed by atoms with E-state index in [1.54, 1.807) is 0 Å². The normalized spacial score (nSPS) is 19.2. The largest absolute Gasteiger partial charge is 0.495 e. The van der Waals surface area contributed by atoms with E-state index < -0.39 is 7.94 Å². The highest BCUT2D eigenvalue weighted by Gasteiger charge is 2.49. The minimum absolute atomic E-state index is 0.0816. The zero-order chi connectivity index (χ0) is 29.7. The number of aryl methyl sites for hydroxylation is 2. The highest BCUT2D eigenvalue weighted by molar-refractivity contribution is 7.61. The summed E-state index contributed by atoms with van der Waals surface area (Å²) in [5, 5.41) is 0. The topological polar surface area (TPSA) is 38.7 Å². The van der Waals surface area contributed by atoms with Gasteiger partial charge in [-0.15, -0.1) is 0 Å². The molecule has 3 nitrogen and oxygen atoms in total. The predicted octanol–water partition coefficient (Wildman–Crippen LogP) is 11.5. The Kier molecular flexibility index (Phi) is 11.2. The van der Waals surface area contributed by atoms with Crippen molar-refractivity contribution in [2.45, 2.75) is 150 Å². The van der Waals surface area contributed by atoms with Gasteiger partial charge in [0.25, 0.3) is 0 Å². The number of unbranched alkanes of at least 4 members (excludes halogenated alkanes) is 9. The monoisotopic (exact) mass is 569 g/mol. The number of hydrogen-bond acceptors (Lipinski definition) is 3. The van der Waals surface area contributed by atoms with Gasteiger partial charge in [0.2, 0.25) is 0 Å². The molecule has 0 saturated carbocycles. The second-order valence-corrected chi connectivity index (χ2v) is 16.5. The fourth-order valence-electron chi connectivity index (χ4n) is 5.93. The SMILES string of the molecule is CCCCCCCCCCCC[P+]1(O)Oc2c(cc(C)cc2C(C)(C)C)C(C)c2cc(C)cc(C(C)(C)C)c2O1. The van der Waals surface area contributed by atoms with Crippen molar-refractivity contribution in [2.24, 2.45) is 0 Å². The van der Waals surface area contributed by atoms with Crippen LogP contribution in [-0.2, 0) is 10.8 Å². The van der Waals surface area contributed by atoms with E-state index in [0.29, 0.717) is 6.16 Å². The van der Waals surface area contributed by atoms with Crippen LogP contribution in [0.5, 0.6) is 11.5 Å². The van der Waals surface area contributed by atoms with Crippen molar-refractivity contribution in [3.8, 4) is 11.5 Å². The summed E-state index contributed by atoms with van der Waals surface area (Å²) in [6, 6.07) is 8.98. The molecule has 0 saturated heterocycles. The van der Waals surface area contributed by atoms with Crippen molar-refractivity contribution in [1.29, 1.82) is 0 Å². The molecule has 0 radical (unpaired) electrons. The minimum Gasteiger partial charge on any atom is -0.277 e. The van der Waals surface area contributed by atoms with Gasteiger partial charge in [-0.3, -0.25) is 9.05 Å². The molecule has 1 aliphatic rings. The van der Waals surface area contributed by atoms with E-state index in [4.69, 9.17) is 9.05 Å². The molecule has 0 fully saturated rings. The maximum Gasteiger partial charge on any atom is 0.495 e. The van der Waals surface area contributed by atoms with Gasteiger partial charge in [-0.25, -0.2) is 0 Å². The van der Waals surface area contributed by atoms with Gasteiger partial charge in [0.15, 0.2) is 17.7 Å². The first-order chi connectivity index (χ1) is 18.7. The number of rotatable bonds is 11. The lowest BCUT2D eigenvalue weighted by molar-refractivity contribution is 0.328. The minimum atomic E-state index is -3.22.